The van der Waals surface area contributed by atoms with Gasteiger partial charge in [0.15, 0.2) is 15.8 Å². The minimum absolute atomic E-state index is 0.0676. The second-order valence-electron chi connectivity index (χ2n) is 7.49. The molecule has 1 aliphatic rings. The van der Waals surface area contributed by atoms with Gasteiger partial charge < -0.3 is 20.5 Å². The number of aliphatic imine (C=N–C) groups is 1. The van der Waals surface area contributed by atoms with Crippen molar-refractivity contribution in [3.05, 3.63) is 30.3 Å². The van der Waals surface area contributed by atoms with E-state index in [0.717, 1.165) is 13.1 Å². The molecule has 2 rings (SSSR count). The Hall–Kier alpha value is -1.68. The molecular formula is C20H34N4O4S. The predicted molar refractivity (Wildman–Crippen MR) is 115 cm³/mol. The van der Waals surface area contributed by atoms with Gasteiger partial charge in [-0.25, -0.2) is 8.42 Å². The Morgan fingerprint density at radius 2 is 1.93 bits per heavy atom. The van der Waals surface area contributed by atoms with Gasteiger partial charge in [-0.15, -0.1) is 0 Å². The van der Waals surface area contributed by atoms with E-state index in [1.165, 1.54) is 0 Å². The zero-order valence-corrected chi connectivity index (χ0v) is 18.2. The highest BCUT2D eigenvalue weighted by atomic mass is 32.2. The molecule has 0 saturated carbocycles. The molecule has 1 atom stereocenters. The van der Waals surface area contributed by atoms with Crippen LogP contribution in [-0.4, -0.2) is 88.2 Å². The van der Waals surface area contributed by atoms with E-state index >= 15 is 0 Å². The predicted octanol–water partition coefficient (Wildman–Crippen LogP) is 0.489. The monoisotopic (exact) mass is 426 g/mol. The quantitative estimate of drug-likeness (QED) is 0.284. The van der Waals surface area contributed by atoms with Crippen molar-refractivity contribution in [3.63, 3.8) is 0 Å². The molecule has 3 N–H and O–H groups in total. The molecule has 1 heterocycles. The summed E-state index contributed by atoms with van der Waals surface area (Å²) in [5.41, 5.74) is -0.948. The molecule has 1 fully saturated rings. The fraction of sp³-hybridized carbons (Fsp3) is 0.650. The summed E-state index contributed by atoms with van der Waals surface area (Å²) in [7, 11) is -3.28. The van der Waals surface area contributed by atoms with Crippen LogP contribution in [0, 0.1) is 0 Å². The molecule has 29 heavy (non-hydrogen) atoms. The van der Waals surface area contributed by atoms with E-state index in [1.54, 1.807) is 37.3 Å². The molecule has 0 spiro atoms. The summed E-state index contributed by atoms with van der Waals surface area (Å²) in [4.78, 5) is 7.00. The summed E-state index contributed by atoms with van der Waals surface area (Å²) in [6.45, 7) is 8.69. The van der Waals surface area contributed by atoms with Crippen LogP contribution in [0.25, 0.3) is 0 Å². The van der Waals surface area contributed by atoms with Crippen LogP contribution in [0.1, 0.15) is 20.3 Å². The summed E-state index contributed by atoms with van der Waals surface area (Å²) in [5, 5.41) is 16.9. The molecule has 0 amide bonds. The average molecular weight is 427 g/mol. The standard InChI is InChI=1S/C20H34N4O4S/c1-3-21-19(23-16-20(2,25)17-24-11-13-28-14-12-24)22-10-7-15-29(26,27)18-8-5-4-6-9-18/h4-6,8-9,25H,3,7,10-17H2,1-2H3,(H2,21,22,23). The van der Waals surface area contributed by atoms with Crippen molar-refractivity contribution in [2.24, 2.45) is 4.99 Å². The van der Waals surface area contributed by atoms with Gasteiger partial charge in [0.05, 0.1) is 36.0 Å². The highest BCUT2D eigenvalue weighted by Gasteiger charge is 2.25. The fourth-order valence-electron chi connectivity index (χ4n) is 3.10. The van der Waals surface area contributed by atoms with Gasteiger partial charge in [0, 0.05) is 32.7 Å². The number of guanidine groups is 1. The maximum Gasteiger partial charge on any atom is 0.191 e. The number of β-amino-alcohol motifs (C(OH)–C–C–N with tert-alkyl or cyclic N) is 1. The van der Waals surface area contributed by atoms with E-state index in [0.29, 0.717) is 50.1 Å². The summed E-state index contributed by atoms with van der Waals surface area (Å²) in [6.07, 6.45) is 0.464. The van der Waals surface area contributed by atoms with Gasteiger partial charge in [0.2, 0.25) is 0 Å². The maximum atomic E-state index is 12.3. The van der Waals surface area contributed by atoms with Gasteiger partial charge >= 0.3 is 0 Å². The van der Waals surface area contributed by atoms with Crippen molar-refractivity contribution < 1.29 is 18.3 Å². The van der Waals surface area contributed by atoms with Crippen LogP contribution >= 0.6 is 0 Å². The number of ether oxygens (including phenoxy) is 1. The molecule has 9 heteroatoms. The highest BCUT2D eigenvalue weighted by Crippen LogP contribution is 2.11. The number of sulfone groups is 1. The third kappa shape index (κ3) is 8.69. The molecule has 0 bridgehead atoms. The molecule has 8 nitrogen and oxygen atoms in total. The first-order valence-corrected chi connectivity index (χ1v) is 11.8. The molecular weight excluding hydrogens is 392 g/mol. The lowest BCUT2D eigenvalue weighted by atomic mass is 10.1. The van der Waals surface area contributed by atoms with Gasteiger partial charge in [0.25, 0.3) is 0 Å². The number of hydrogen-bond donors (Lipinski definition) is 3. The minimum Gasteiger partial charge on any atom is -0.387 e. The molecule has 0 aromatic heterocycles. The molecule has 1 unspecified atom stereocenters. The third-order valence-corrected chi connectivity index (χ3v) is 6.39. The fourth-order valence-corrected chi connectivity index (χ4v) is 4.43. The molecule has 0 aliphatic carbocycles. The Bertz CT molecular complexity index is 732. The van der Waals surface area contributed by atoms with Crippen molar-refractivity contribution >= 4 is 15.8 Å². The van der Waals surface area contributed by atoms with E-state index in [9.17, 15) is 13.5 Å². The molecule has 1 aromatic carbocycles. The first-order valence-electron chi connectivity index (χ1n) is 10.1. The van der Waals surface area contributed by atoms with Crippen LogP contribution in [0.3, 0.4) is 0 Å². The number of hydrogen-bond acceptors (Lipinski definition) is 6. The average Bonchev–Trinajstić information content (AvgIpc) is 2.70. The van der Waals surface area contributed by atoms with Crippen molar-refractivity contribution in [1.82, 2.24) is 15.5 Å². The van der Waals surface area contributed by atoms with E-state index < -0.39 is 15.4 Å². The number of benzene rings is 1. The van der Waals surface area contributed by atoms with Crippen molar-refractivity contribution in [2.75, 3.05) is 58.2 Å². The summed E-state index contributed by atoms with van der Waals surface area (Å²) >= 11 is 0. The second kappa shape index (κ2) is 11.5. The SMILES string of the molecule is CCNC(=NCC(C)(O)CN1CCOCC1)NCCCS(=O)(=O)c1ccccc1. The molecule has 1 saturated heterocycles. The summed E-state index contributed by atoms with van der Waals surface area (Å²) < 4.78 is 30.0. The van der Waals surface area contributed by atoms with Gasteiger partial charge in [-0.1, -0.05) is 18.2 Å². The van der Waals surface area contributed by atoms with Crippen LogP contribution in [0.15, 0.2) is 40.2 Å². The Morgan fingerprint density at radius 3 is 2.59 bits per heavy atom. The Labute approximate surface area is 174 Å². The first kappa shape index (κ1) is 23.6. The van der Waals surface area contributed by atoms with E-state index in [1.807, 2.05) is 6.92 Å². The number of rotatable bonds is 10. The van der Waals surface area contributed by atoms with Gasteiger partial charge in [0.1, 0.15) is 0 Å². The van der Waals surface area contributed by atoms with E-state index in [4.69, 9.17) is 4.74 Å². The van der Waals surface area contributed by atoms with Crippen molar-refractivity contribution in [1.29, 1.82) is 0 Å². The Kier molecular flexibility index (Phi) is 9.35. The highest BCUT2D eigenvalue weighted by molar-refractivity contribution is 7.91. The summed E-state index contributed by atoms with van der Waals surface area (Å²) in [6, 6.07) is 8.48. The van der Waals surface area contributed by atoms with Crippen molar-refractivity contribution in [3.8, 4) is 0 Å². The van der Waals surface area contributed by atoms with E-state index in [-0.39, 0.29) is 12.3 Å². The third-order valence-electron chi connectivity index (χ3n) is 4.57. The van der Waals surface area contributed by atoms with Crippen LogP contribution in [-0.2, 0) is 14.6 Å². The van der Waals surface area contributed by atoms with Crippen molar-refractivity contribution in [2.45, 2.75) is 30.8 Å². The Morgan fingerprint density at radius 1 is 1.24 bits per heavy atom. The molecule has 164 valence electrons. The molecule has 1 aromatic rings. The zero-order chi connectivity index (χ0) is 21.2. The maximum absolute atomic E-state index is 12.3. The second-order valence-corrected chi connectivity index (χ2v) is 9.60. The van der Waals surface area contributed by atoms with E-state index in [2.05, 4.69) is 20.5 Å². The Balaban J connectivity index is 1.80. The number of morpholine rings is 1. The van der Waals surface area contributed by atoms with Crippen LogP contribution in [0.4, 0.5) is 0 Å². The zero-order valence-electron chi connectivity index (χ0n) is 17.4. The lowest BCUT2D eigenvalue weighted by Gasteiger charge is -2.33. The molecule has 1 aliphatic heterocycles. The lowest BCUT2D eigenvalue weighted by molar-refractivity contribution is -0.0179. The largest absolute Gasteiger partial charge is 0.387 e. The van der Waals surface area contributed by atoms with Gasteiger partial charge in [-0.05, 0) is 32.4 Å². The van der Waals surface area contributed by atoms with Crippen LogP contribution < -0.4 is 10.6 Å². The summed E-state index contributed by atoms with van der Waals surface area (Å²) in [5.74, 6) is 0.643. The number of nitrogens with zero attached hydrogens (tertiary/aromatic N) is 2. The van der Waals surface area contributed by atoms with Gasteiger partial charge in [-0.3, -0.25) is 9.89 Å². The normalized spacial score (nSPS) is 18.2. The topological polar surface area (TPSA) is 103 Å². The lowest BCUT2D eigenvalue weighted by Crippen LogP contribution is -2.48. The number of nitrogens with one attached hydrogen (secondary N) is 2. The smallest absolute Gasteiger partial charge is 0.191 e. The minimum atomic E-state index is -3.28. The van der Waals surface area contributed by atoms with Gasteiger partial charge in [-0.2, -0.15) is 0 Å². The van der Waals surface area contributed by atoms with Crippen LogP contribution in [0.2, 0.25) is 0 Å². The first-order chi connectivity index (χ1) is 13.8. The number of aliphatic hydroxyl groups is 1. The molecule has 0 radical (unpaired) electrons. The van der Waals surface area contributed by atoms with Crippen LogP contribution in [0.5, 0.6) is 0 Å².